The van der Waals surface area contributed by atoms with E-state index in [1.54, 1.807) is 32.4 Å². The molecule has 0 aliphatic carbocycles. The summed E-state index contributed by atoms with van der Waals surface area (Å²) in [4.78, 5) is 12.0. The van der Waals surface area contributed by atoms with Crippen molar-refractivity contribution in [1.29, 1.82) is 5.26 Å². The van der Waals surface area contributed by atoms with Crippen LogP contribution in [0.2, 0.25) is 5.02 Å². The molecule has 0 bridgehead atoms. The first kappa shape index (κ1) is 17.6. The van der Waals surface area contributed by atoms with Gasteiger partial charge in [0.15, 0.2) is 11.5 Å². The molecule has 1 unspecified atom stereocenters. The monoisotopic (exact) mass is 344 g/mol. The summed E-state index contributed by atoms with van der Waals surface area (Å²) in [6.07, 6.45) is -0.228. The first-order valence-corrected chi connectivity index (χ1v) is 7.61. The van der Waals surface area contributed by atoms with Crippen LogP contribution in [0, 0.1) is 11.3 Å². The number of ether oxygens (including phenoxy) is 2. The van der Waals surface area contributed by atoms with Gasteiger partial charge in [0.1, 0.15) is 6.42 Å². The fourth-order valence-electron chi connectivity index (χ4n) is 2.37. The van der Waals surface area contributed by atoms with E-state index in [9.17, 15) is 4.79 Å². The number of nitriles is 1. The van der Waals surface area contributed by atoms with E-state index in [0.717, 1.165) is 11.1 Å². The highest BCUT2D eigenvalue weighted by molar-refractivity contribution is 6.31. The molecule has 0 radical (unpaired) electrons. The molecule has 5 nitrogen and oxygen atoms in total. The van der Waals surface area contributed by atoms with E-state index in [0.29, 0.717) is 16.5 Å². The fourth-order valence-corrected chi connectivity index (χ4v) is 2.61. The first-order valence-electron chi connectivity index (χ1n) is 7.23. The van der Waals surface area contributed by atoms with Crippen LogP contribution in [-0.4, -0.2) is 20.1 Å². The van der Waals surface area contributed by atoms with Gasteiger partial charge in [-0.3, -0.25) is 4.79 Å². The Morgan fingerprint density at radius 3 is 2.54 bits per heavy atom. The highest BCUT2D eigenvalue weighted by Gasteiger charge is 2.20. The second-order valence-corrected chi connectivity index (χ2v) is 5.38. The van der Waals surface area contributed by atoms with Crippen molar-refractivity contribution in [2.45, 2.75) is 12.5 Å². The minimum atomic E-state index is -0.501. The number of rotatable bonds is 6. The average molecular weight is 345 g/mol. The highest BCUT2D eigenvalue weighted by Crippen LogP contribution is 2.34. The Hall–Kier alpha value is -2.71. The lowest BCUT2D eigenvalue weighted by atomic mass is 9.98. The van der Waals surface area contributed by atoms with E-state index in [1.165, 1.54) is 0 Å². The van der Waals surface area contributed by atoms with E-state index < -0.39 is 6.04 Å². The largest absolute Gasteiger partial charge is 0.493 e. The maximum atomic E-state index is 12.0. The Morgan fingerprint density at radius 1 is 1.21 bits per heavy atom. The van der Waals surface area contributed by atoms with E-state index in [2.05, 4.69) is 5.32 Å². The molecule has 24 heavy (non-hydrogen) atoms. The number of hydrogen-bond donors (Lipinski definition) is 1. The van der Waals surface area contributed by atoms with Crippen LogP contribution in [-0.2, 0) is 4.79 Å². The van der Waals surface area contributed by atoms with Gasteiger partial charge in [0.2, 0.25) is 5.91 Å². The van der Waals surface area contributed by atoms with Gasteiger partial charge >= 0.3 is 0 Å². The molecule has 0 aliphatic rings. The smallest absolute Gasteiger partial charge is 0.234 e. The molecule has 0 aromatic heterocycles. The van der Waals surface area contributed by atoms with Gasteiger partial charge in [-0.15, -0.1) is 0 Å². The number of benzene rings is 2. The quantitative estimate of drug-likeness (QED) is 0.870. The molecule has 0 spiro atoms. The predicted octanol–water partition coefficient (Wildman–Crippen LogP) is 3.48. The van der Waals surface area contributed by atoms with Crippen molar-refractivity contribution < 1.29 is 14.3 Å². The molecule has 0 heterocycles. The maximum absolute atomic E-state index is 12.0. The standard InChI is InChI=1S/C18H17ClN2O3/c1-23-15-8-7-12(11-16(15)24-2)18(21-17(22)9-10-20)13-5-3-4-6-14(13)19/h3-8,11,18H,9H2,1-2H3,(H,21,22). The van der Waals surface area contributed by atoms with Crippen molar-refractivity contribution in [3.63, 3.8) is 0 Å². The minimum Gasteiger partial charge on any atom is -0.493 e. The molecule has 6 heteroatoms. The zero-order valence-electron chi connectivity index (χ0n) is 13.4. The number of carbonyl (C=O) groups is 1. The number of nitrogens with one attached hydrogen (secondary N) is 1. The topological polar surface area (TPSA) is 71.3 Å². The van der Waals surface area contributed by atoms with Gasteiger partial charge in [0.05, 0.1) is 26.3 Å². The number of nitrogens with zero attached hydrogens (tertiary/aromatic N) is 1. The zero-order chi connectivity index (χ0) is 17.5. The van der Waals surface area contributed by atoms with Crippen molar-refractivity contribution >= 4 is 17.5 Å². The number of methoxy groups -OCH3 is 2. The van der Waals surface area contributed by atoms with Crippen LogP contribution < -0.4 is 14.8 Å². The van der Waals surface area contributed by atoms with Crippen molar-refractivity contribution in [2.24, 2.45) is 0 Å². The Bertz CT molecular complexity index is 771. The summed E-state index contributed by atoms with van der Waals surface area (Å²) in [5, 5.41) is 12.1. The van der Waals surface area contributed by atoms with Gasteiger partial charge in [-0.25, -0.2) is 0 Å². The Morgan fingerprint density at radius 2 is 1.92 bits per heavy atom. The van der Waals surface area contributed by atoms with Crippen LogP contribution in [0.15, 0.2) is 42.5 Å². The van der Waals surface area contributed by atoms with E-state index >= 15 is 0 Å². The molecule has 1 amide bonds. The van der Waals surface area contributed by atoms with Crippen LogP contribution in [0.1, 0.15) is 23.6 Å². The second kappa shape index (κ2) is 8.23. The molecule has 0 saturated carbocycles. The molecule has 0 fully saturated rings. The molecule has 124 valence electrons. The normalized spacial score (nSPS) is 11.2. The van der Waals surface area contributed by atoms with Gasteiger partial charge in [0, 0.05) is 5.02 Å². The summed E-state index contributed by atoms with van der Waals surface area (Å²) in [6, 6.07) is 13.9. The Labute approximate surface area is 145 Å². The maximum Gasteiger partial charge on any atom is 0.234 e. The van der Waals surface area contributed by atoms with Gasteiger partial charge in [-0.2, -0.15) is 5.26 Å². The van der Waals surface area contributed by atoms with Gasteiger partial charge in [-0.05, 0) is 29.3 Å². The van der Waals surface area contributed by atoms with Crippen molar-refractivity contribution in [3.8, 4) is 17.6 Å². The van der Waals surface area contributed by atoms with Gasteiger partial charge in [-0.1, -0.05) is 35.9 Å². The van der Waals surface area contributed by atoms with Gasteiger partial charge < -0.3 is 14.8 Å². The van der Waals surface area contributed by atoms with Crippen LogP contribution in [0.25, 0.3) is 0 Å². The molecule has 2 aromatic carbocycles. The third kappa shape index (κ3) is 3.98. The number of hydrogen-bond acceptors (Lipinski definition) is 4. The Kier molecular flexibility index (Phi) is 6.05. The first-order chi connectivity index (χ1) is 11.6. The average Bonchev–Trinajstić information content (AvgIpc) is 2.60. The molecule has 1 atom stereocenters. The number of halogens is 1. The highest BCUT2D eigenvalue weighted by atomic mass is 35.5. The van der Waals surface area contributed by atoms with Crippen LogP contribution in [0.4, 0.5) is 0 Å². The molecule has 2 rings (SSSR count). The SMILES string of the molecule is COc1ccc(C(NC(=O)CC#N)c2ccccc2Cl)cc1OC. The summed E-state index contributed by atoms with van der Waals surface area (Å²) >= 11 is 6.29. The molecule has 0 aliphatic heterocycles. The van der Waals surface area contributed by atoms with Crippen molar-refractivity contribution in [1.82, 2.24) is 5.32 Å². The lowest BCUT2D eigenvalue weighted by Crippen LogP contribution is -2.29. The van der Waals surface area contributed by atoms with Gasteiger partial charge in [0.25, 0.3) is 0 Å². The molecular formula is C18H17ClN2O3. The number of carbonyl (C=O) groups excluding carboxylic acids is 1. The van der Waals surface area contributed by atoms with Crippen LogP contribution in [0.5, 0.6) is 11.5 Å². The lowest BCUT2D eigenvalue weighted by Gasteiger charge is -2.21. The van der Waals surface area contributed by atoms with Crippen LogP contribution in [0.3, 0.4) is 0 Å². The molecule has 1 N–H and O–H groups in total. The third-order valence-corrected chi connectivity index (χ3v) is 3.85. The molecular weight excluding hydrogens is 328 g/mol. The molecule has 2 aromatic rings. The Balaban J connectivity index is 2.48. The third-order valence-electron chi connectivity index (χ3n) is 3.50. The summed E-state index contributed by atoms with van der Waals surface area (Å²) in [5.74, 6) is 0.751. The van der Waals surface area contributed by atoms with E-state index in [1.807, 2.05) is 30.3 Å². The fraction of sp³-hybridized carbons (Fsp3) is 0.222. The number of amides is 1. The van der Waals surface area contributed by atoms with Crippen molar-refractivity contribution in [3.05, 3.63) is 58.6 Å². The summed E-state index contributed by atoms with van der Waals surface area (Å²) in [6.45, 7) is 0. The summed E-state index contributed by atoms with van der Waals surface area (Å²) in [7, 11) is 3.10. The van der Waals surface area contributed by atoms with E-state index in [-0.39, 0.29) is 12.3 Å². The summed E-state index contributed by atoms with van der Waals surface area (Å²) < 4.78 is 10.6. The van der Waals surface area contributed by atoms with Crippen LogP contribution >= 0.6 is 11.6 Å². The second-order valence-electron chi connectivity index (χ2n) is 4.97. The summed E-state index contributed by atoms with van der Waals surface area (Å²) in [5.41, 5.74) is 1.50. The predicted molar refractivity (Wildman–Crippen MR) is 91.2 cm³/mol. The molecule has 0 saturated heterocycles. The van der Waals surface area contributed by atoms with E-state index in [4.69, 9.17) is 26.3 Å². The lowest BCUT2D eigenvalue weighted by molar-refractivity contribution is -0.120. The van der Waals surface area contributed by atoms with Crippen molar-refractivity contribution in [2.75, 3.05) is 14.2 Å². The zero-order valence-corrected chi connectivity index (χ0v) is 14.1. The minimum absolute atomic E-state index is 0.228.